The fraction of sp³-hybridized carbons (Fsp3) is 0.917. The summed E-state index contributed by atoms with van der Waals surface area (Å²) in [5.41, 5.74) is -0.111. The maximum absolute atomic E-state index is 10.9. The van der Waals surface area contributed by atoms with E-state index in [1.54, 1.807) is 0 Å². The second-order valence-electron chi connectivity index (χ2n) is 5.48. The standard InChI is InChI=1S/C12H23NO3/c1-9(14)16-11-6-10(13(5)7-11)8-15-12(2,3)4/h10-11H,6-8H2,1-5H3/t10-,11+/m1/s1. The Balaban J connectivity index is 2.36. The van der Waals surface area contributed by atoms with Crippen molar-refractivity contribution in [1.82, 2.24) is 4.90 Å². The molecule has 0 N–H and O–H groups in total. The first-order chi connectivity index (χ1) is 7.28. The van der Waals surface area contributed by atoms with Crippen molar-refractivity contribution in [2.45, 2.75) is 51.9 Å². The van der Waals surface area contributed by atoms with E-state index in [1.807, 2.05) is 27.8 Å². The summed E-state index contributed by atoms with van der Waals surface area (Å²) < 4.78 is 11.0. The molecule has 0 aliphatic carbocycles. The zero-order valence-electron chi connectivity index (χ0n) is 10.9. The van der Waals surface area contributed by atoms with Gasteiger partial charge in [0.05, 0.1) is 12.2 Å². The van der Waals surface area contributed by atoms with Crippen LogP contribution in [0.15, 0.2) is 0 Å². The average molecular weight is 229 g/mol. The van der Waals surface area contributed by atoms with Crippen LogP contribution < -0.4 is 0 Å². The van der Waals surface area contributed by atoms with Crippen LogP contribution in [0.4, 0.5) is 0 Å². The van der Waals surface area contributed by atoms with Gasteiger partial charge in [-0.15, -0.1) is 0 Å². The van der Waals surface area contributed by atoms with E-state index in [-0.39, 0.29) is 17.7 Å². The van der Waals surface area contributed by atoms with Gasteiger partial charge in [-0.25, -0.2) is 0 Å². The van der Waals surface area contributed by atoms with Crippen molar-refractivity contribution >= 4 is 5.97 Å². The zero-order valence-corrected chi connectivity index (χ0v) is 10.9. The van der Waals surface area contributed by atoms with Gasteiger partial charge in [0, 0.05) is 25.9 Å². The lowest BCUT2D eigenvalue weighted by atomic mass is 10.1. The molecule has 0 bridgehead atoms. The fourth-order valence-corrected chi connectivity index (χ4v) is 1.89. The van der Waals surface area contributed by atoms with Crippen LogP contribution in [-0.2, 0) is 14.3 Å². The van der Waals surface area contributed by atoms with Gasteiger partial charge in [0.1, 0.15) is 6.10 Å². The van der Waals surface area contributed by atoms with E-state index in [9.17, 15) is 4.79 Å². The van der Waals surface area contributed by atoms with Crippen LogP contribution in [0.2, 0.25) is 0 Å². The third-order valence-corrected chi connectivity index (χ3v) is 2.69. The molecule has 1 saturated heterocycles. The second kappa shape index (κ2) is 5.15. The monoisotopic (exact) mass is 229 g/mol. The highest BCUT2D eigenvalue weighted by atomic mass is 16.5. The summed E-state index contributed by atoms with van der Waals surface area (Å²) in [5.74, 6) is -0.198. The van der Waals surface area contributed by atoms with Gasteiger partial charge < -0.3 is 9.47 Å². The largest absolute Gasteiger partial charge is 0.461 e. The molecule has 0 radical (unpaired) electrons. The molecule has 1 heterocycles. The van der Waals surface area contributed by atoms with Gasteiger partial charge in [0.2, 0.25) is 0 Å². The number of likely N-dealkylation sites (tertiary alicyclic amines) is 1. The highest BCUT2D eigenvalue weighted by molar-refractivity contribution is 5.66. The minimum Gasteiger partial charge on any atom is -0.461 e. The van der Waals surface area contributed by atoms with Gasteiger partial charge in [0.15, 0.2) is 0 Å². The molecule has 94 valence electrons. The minimum atomic E-state index is -0.198. The van der Waals surface area contributed by atoms with Crippen LogP contribution in [0, 0.1) is 0 Å². The Hall–Kier alpha value is -0.610. The molecular weight excluding hydrogens is 206 g/mol. The molecule has 1 rings (SSSR count). The molecule has 0 spiro atoms. The first kappa shape index (κ1) is 13.5. The predicted molar refractivity (Wildman–Crippen MR) is 62.3 cm³/mol. The SMILES string of the molecule is CC(=O)O[C@H]1C[C@H](COC(C)(C)C)N(C)C1. The highest BCUT2D eigenvalue weighted by Gasteiger charge is 2.32. The topological polar surface area (TPSA) is 38.8 Å². The predicted octanol–water partition coefficient (Wildman–Crippen LogP) is 1.44. The number of hydrogen-bond donors (Lipinski definition) is 0. The molecule has 1 fully saturated rings. The number of nitrogens with zero attached hydrogens (tertiary/aromatic N) is 1. The van der Waals surface area contributed by atoms with E-state index in [1.165, 1.54) is 6.92 Å². The Morgan fingerprint density at radius 2 is 2.06 bits per heavy atom. The lowest BCUT2D eigenvalue weighted by Gasteiger charge is -2.25. The molecule has 1 aliphatic rings. The van der Waals surface area contributed by atoms with Crippen LogP contribution in [-0.4, -0.2) is 48.8 Å². The molecule has 4 nitrogen and oxygen atoms in total. The second-order valence-corrected chi connectivity index (χ2v) is 5.48. The van der Waals surface area contributed by atoms with Crippen molar-refractivity contribution in [2.24, 2.45) is 0 Å². The van der Waals surface area contributed by atoms with Crippen molar-refractivity contribution in [1.29, 1.82) is 0 Å². The van der Waals surface area contributed by atoms with Crippen molar-refractivity contribution < 1.29 is 14.3 Å². The summed E-state index contributed by atoms with van der Waals surface area (Å²) in [4.78, 5) is 13.1. The zero-order chi connectivity index (χ0) is 12.3. The Kier molecular flexibility index (Phi) is 4.33. The fourth-order valence-electron chi connectivity index (χ4n) is 1.89. The van der Waals surface area contributed by atoms with Crippen LogP contribution in [0.1, 0.15) is 34.1 Å². The molecule has 0 aromatic heterocycles. The third kappa shape index (κ3) is 4.49. The lowest BCUT2D eigenvalue weighted by molar-refractivity contribution is -0.145. The number of rotatable bonds is 3. The van der Waals surface area contributed by atoms with E-state index in [0.717, 1.165) is 13.0 Å². The highest BCUT2D eigenvalue weighted by Crippen LogP contribution is 2.20. The van der Waals surface area contributed by atoms with Crippen molar-refractivity contribution in [3.63, 3.8) is 0 Å². The van der Waals surface area contributed by atoms with Crippen LogP contribution in [0.5, 0.6) is 0 Å². The molecule has 0 saturated carbocycles. The number of carbonyl (C=O) groups is 1. The molecule has 0 aromatic carbocycles. The Bertz CT molecular complexity index is 247. The van der Waals surface area contributed by atoms with E-state index >= 15 is 0 Å². The molecule has 1 aliphatic heterocycles. The van der Waals surface area contributed by atoms with Gasteiger partial charge in [-0.05, 0) is 27.8 Å². The maximum Gasteiger partial charge on any atom is 0.302 e. The number of hydrogen-bond acceptors (Lipinski definition) is 4. The van der Waals surface area contributed by atoms with Gasteiger partial charge in [-0.2, -0.15) is 0 Å². The van der Waals surface area contributed by atoms with E-state index in [4.69, 9.17) is 9.47 Å². The summed E-state index contributed by atoms with van der Waals surface area (Å²) in [6, 6.07) is 0.351. The lowest BCUT2D eigenvalue weighted by Crippen LogP contribution is -2.33. The molecule has 16 heavy (non-hydrogen) atoms. The number of likely N-dealkylation sites (N-methyl/N-ethyl adjacent to an activating group) is 1. The van der Waals surface area contributed by atoms with Gasteiger partial charge in [-0.3, -0.25) is 9.69 Å². The first-order valence-electron chi connectivity index (χ1n) is 5.79. The summed E-state index contributed by atoms with van der Waals surface area (Å²) in [6.45, 7) is 9.09. The Morgan fingerprint density at radius 3 is 2.56 bits per heavy atom. The van der Waals surface area contributed by atoms with Crippen LogP contribution >= 0.6 is 0 Å². The quantitative estimate of drug-likeness (QED) is 0.686. The smallest absolute Gasteiger partial charge is 0.302 e. The third-order valence-electron chi connectivity index (χ3n) is 2.69. The number of carbonyl (C=O) groups excluding carboxylic acids is 1. The van der Waals surface area contributed by atoms with E-state index < -0.39 is 0 Å². The Labute approximate surface area is 97.9 Å². The normalized spacial score (nSPS) is 27.1. The summed E-state index contributed by atoms with van der Waals surface area (Å²) in [7, 11) is 2.04. The van der Waals surface area contributed by atoms with Gasteiger partial charge in [0.25, 0.3) is 0 Å². The van der Waals surface area contributed by atoms with E-state index in [0.29, 0.717) is 12.6 Å². The first-order valence-corrected chi connectivity index (χ1v) is 5.79. The van der Waals surface area contributed by atoms with Crippen LogP contribution in [0.3, 0.4) is 0 Å². The van der Waals surface area contributed by atoms with Crippen molar-refractivity contribution in [3.8, 4) is 0 Å². The van der Waals surface area contributed by atoms with Crippen LogP contribution in [0.25, 0.3) is 0 Å². The molecule has 0 amide bonds. The molecule has 2 atom stereocenters. The maximum atomic E-state index is 10.9. The molecule has 4 heteroatoms. The van der Waals surface area contributed by atoms with E-state index in [2.05, 4.69) is 4.90 Å². The van der Waals surface area contributed by atoms with Crippen molar-refractivity contribution in [2.75, 3.05) is 20.2 Å². The number of ether oxygens (including phenoxy) is 2. The van der Waals surface area contributed by atoms with Crippen molar-refractivity contribution in [3.05, 3.63) is 0 Å². The summed E-state index contributed by atoms with van der Waals surface area (Å²) >= 11 is 0. The van der Waals surface area contributed by atoms with Gasteiger partial charge >= 0.3 is 5.97 Å². The minimum absolute atomic E-state index is 0.0241. The average Bonchev–Trinajstić information content (AvgIpc) is 2.40. The molecule has 0 aromatic rings. The van der Waals surface area contributed by atoms with Gasteiger partial charge in [-0.1, -0.05) is 0 Å². The molecule has 0 unspecified atom stereocenters. The molecular formula is C12H23NO3. The Morgan fingerprint density at radius 1 is 1.44 bits per heavy atom. The summed E-state index contributed by atoms with van der Waals surface area (Å²) in [6.07, 6.45) is 0.891. The summed E-state index contributed by atoms with van der Waals surface area (Å²) in [5, 5.41) is 0. The number of esters is 1.